The van der Waals surface area contributed by atoms with Crippen LogP contribution in [0.5, 0.6) is 5.75 Å². The van der Waals surface area contributed by atoms with Crippen molar-refractivity contribution in [1.82, 2.24) is 4.72 Å². The first-order valence-corrected chi connectivity index (χ1v) is 11.2. The molecule has 9 heteroatoms. The zero-order valence-electron chi connectivity index (χ0n) is 16.8. The van der Waals surface area contributed by atoms with Gasteiger partial charge in [-0.05, 0) is 55.2 Å². The van der Waals surface area contributed by atoms with Gasteiger partial charge in [-0.2, -0.15) is 0 Å². The lowest BCUT2D eigenvalue weighted by atomic mass is 10.1. The number of nitrogens with one attached hydrogen (secondary N) is 2. The average Bonchev–Trinajstić information content (AvgIpc) is 3.26. The van der Waals surface area contributed by atoms with E-state index in [1.807, 2.05) is 24.3 Å². The lowest BCUT2D eigenvalue weighted by Crippen LogP contribution is -2.32. The van der Waals surface area contributed by atoms with Gasteiger partial charge in [-0.3, -0.25) is 0 Å². The van der Waals surface area contributed by atoms with Crippen LogP contribution in [0.3, 0.4) is 0 Å². The Morgan fingerprint density at radius 2 is 2.00 bits per heavy atom. The largest absolute Gasteiger partial charge is 0.497 e. The SMILES string of the molecule is COc1ccc(CCNc2ccc(C(=O)O)cc2S(=O)(=O)NC[C@H]2CCCO2)cc1. The van der Waals surface area contributed by atoms with Crippen molar-refractivity contribution in [3.8, 4) is 5.75 Å². The summed E-state index contributed by atoms with van der Waals surface area (Å²) in [7, 11) is -2.31. The number of hydrogen-bond acceptors (Lipinski definition) is 6. The standard InChI is InChI=1S/C21H26N2O6S/c1-28-17-7-4-15(5-8-17)10-11-22-19-9-6-16(21(24)25)13-20(19)30(26,27)23-14-18-3-2-12-29-18/h4-9,13,18,22-23H,2-3,10-12,14H2,1H3,(H,24,25)/t18-/m1/s1. The highest BCUT2D eigenvalue weighted by atomic mass is 32.2. The van der Waals surface area contributed by atoms with Crippen molar-refractivity contribution in [2.24, 2.45) is 0 Å². The number of anilines is 1. The lowest BCUT2D eigenvalue weighted by molar-refractivity contribution is 0.0696. The zero-order chi connectivity index (χ0) is 21.6. The molecule has 0 bridgehead atoms. The van der Waals surface area contributed by atoms with E-state index in [0.29, 0.717) is 25.3 Å². The fourth-order valence-electron chi connectivity index (χ4n) is 3.24. The summed E-state index contributed by atoms with van der Waals surface area (Å²) >= 11 is 0. The number of carboxylic acids is 1. The Labute approximate surface area is 176 Å². The molecule has 162 valence electrons. The maximum absolute atomic E-state index is 12.9. The van der Waals surface area contributed by atoms with E-state index in [0.717, 1.165) is 24.2 Å². The van der Waals surface area contributed by atoms with Gasteiger partial charge in [0.15, 0.2) is 0 Å². The Balaban J connectivity index is 1.72. The van der Waals surface area contributed by atoms with Crippen LogP contribution >= 0.6 is 0 Å². The second-order valence-electron chi connectivity index (χ2n) is 7.03. The highest BCUT2D eigenvalue weighted by Crippen LogP contribution is 2.24. The van der Waals surface area contributed by atoms with Gasteiger partial charge >= 0.3 is 5.97 Å². The maximum atomic E-state index is 12.9. The molecule has 0 radical (unpaired) electrons. The fraction of sp³-hybridized carbons (Fsp3) is 0.381. The second kappa shape index (κ2) is 9.92. The smallest absolute Gasteiger partial charge is 0.335 e. The van der Waals surface area contributed by atoms with Crippen LogP contribution in [0.25, 0.3) is 0 Å². The number of benzene rings is 2. The van der Waals surface area contributed by atoms with Crippen LogP contribution in [0, 0.1) is 0 Å². The van der Waals surface area contributed by atoms with Crippen molar-refractivity contribution in [1.29, 1.82) is 0 Å². The van der Waals surface area contributed by atoms with Crippen molar-refractivity contribution in [2.45, 2.75) is 30.3 Å². The van der Waals surface area contributed by atoms with Crippen LogP contribution in [0.4, 0.5) is 5.69 Å². The molecule has 0 aromatic heterocycles. The minimum absolute atomic E-state index is 0.0878. The molecule has 1 heterocycles. The molecule has 3 N–H and O–H groups in total. The molecule has 1 saturated heterocycles. The van der Waals surface area contributed by atoms with Crippen LogP contribution in [-0.2, 0) is 21.2 Å². The van der Waals surface area contributed by atoms with E-state index in [-0.39, 0.29) is 23.1 Å². The van der Waals surface area contributed by atoms with Crippen LogP contribution in [-0.4, -0.2) is 52.4 Å². The molecule has 8 nitrogen and oxygen atoms in total. The van der Waals surface area contributed by atoms with Gasteiger partial charge in [-0.25, -0.2) is 17.9 Å². The fourth-order valence-corrected chi connectivity index (χ4v) is 4.52. The number of methoxy groups -OCH3 is 1. The normalized spacial score (nSPS) is 16.4. The van der Waals surface area contributed by atoms with E-state index < -0.39 is 16.0 Å². The molecule has 0 spiro atoms. The molecule has 1 fully saturated rings. The summed E-state index contributed by atoms with van der Waals surface area (Å²) in [4.78, 5) is 11.3. The van der Waals surface area contributed by atoms with Crippen LogP contribution in [0.2, 0.25) is 0 Å². The minimum Gasteiger partial charge on any atom is -0.497 e. The summed E-state index contributed by atoms with van der Waals surface area (Å²) in [6.45, 7) is 1.26. The van der Waals surface area contributed by atoms with Gasteiger partial charge < -0.3 is 19.9 Å². The molecule has 1 aliphatic heterocycles. The van der Waals surface area contributed by atoms with Crippen molar-refractivity contribution >= 4 is 21.7 Å². The molecule has 2 aromatic rings. The maximum Gasteiger partial charge on any atom is 0.335 e. The quantitative estimate of drug-likeness (QED) is 0.526. The molecule has 1 aliphatic rings. The van der Waals surface area contributed by atoms with Crippen molar-refractivity contribution in [3.63, 3.8) is 0 Å². The predicted octanol–water partition coefficient (Wildman–Crippen LogP) is 2.51. The van der Waals surface area contributed by atoms with Crippen LogP contribution < -0.4 is 14.8 Å². The van der Waals surface area contributed by atoms with Crippen molar-refractivity contribution < 1.29 is 27.8 Å². The summed E-state index contributed by atoms with van der Waals surface area (Å²) in [5.74, 6) is -0.419. The van der Waals surface area contributed by atoms with E-state index in [2.05, 4.69) is 10.0 Å². The molecule has 0 amide bonds. The summed E-state index contributed by atoms with van der Waals surface area (Å²) in [6, 6.07) is 11.7. The zero-order valence-corrected chi connectivity index (χ0v) is 17.6. The van der Waals surface area contributed by atoms with Gasteiger partial charge in [0.2, 0.25) is 10.0 Å². The topological polar surface area (TPSA) is 114 Å². The van der Waals surface area contributed by atoms with Crippen molar-refractivity contribution in [3.05, 3.63) is 53.6 Å². The van der Waals surface area contributed by atoms with Gasteiger partial charge in [-0.15, -0.1) is 0 Å². The third-order valence-corrected chi connectivity index (χ3v) is 6.39. The number of carbonyl (C=O) groups is 1. The summed E-state index contributed by atoms with van der Waals surface area (Å²) in [5, 5.41) is 12.4. The molecular weight excluding hydrogens is 408 g/mol. The van der Waals surface area contributed by atoms with Crippen LogP contribution in [0.1, 0.15) is 28.8 Å². The monoisotopic (exact) mass is 434 g/mol. The minimum atomic E-state index is -3.91. The summed E-state index contributed by atoms with van der Waals surface area (Å²) in [6.07, 6.45) is 2.20. The van der Waals surface area contributed by atoms with Gasteiger partial charge in [0.05, 0.1) is 24.5 Å². The van der Waals surface area contributed by atoms with E-state index >= 15 is 0 Å². The van der Waals surface area contributed by atoms with E-state index in [9.17, 15) is 18.3 Å². The molecule has 3 rings (SSSR count). The summed E-state index contributed by atoms with van der Waals surface area (Å²) in [5.41, 5.74) is 1.33. The number of carboxylic acid groups (broad SMARTS) is 1. The first-order valence-electron chi connectivity index (χ1n) is 9.74. The number of aromatic carboxylic acids is 1. The van der Waals surface area contributed by atoms with Gasteiger partial charge in [-0.1, -0.05) is 12.1 Å². The van der Waals surface area contributed by atoms with Gasteiger partial charge in [0.25, 0.3) is 0 Å². The van der Waals surface area contributed by atoms with Gasteiger partial charge in [0, 0.05) is 19.7 Å². The molecule has 0 unspecified atom stereocenters. The van der Waals surface area contributed by atoms with Crippen LogP contribution in [0.15, 0.2) is 47.4 Å². The molecule has 0 aliphatic carbocycles. The Morgan fingerprint density at radius 3 is 2.63 bits per heavy atom. The first kappa shape index (κ1) is 22.1. The Kier molecular flexibility index (Phi) is 7.30. The van der Waals surface area contributed by atoms with E-state index in [1.54, 1.807) is 7.11 Å². The lowest BCUT2D eigenvalue weighted by Gasteiger charge is -2.16. The highest BCUT2D eigenvalue weighted by molar-refractivity contribution is 7.89. The number of ether oxygens (including phenoxy) is 2. The third kappa shape index (κ3) is 5.71. The third-order valence-electron chi connectivity index (χ3n) is 4.93. The Bertz CT molecular complexity index is 969. The molecule has 2 aromatic carbocycles. The Morgan fingerprint density at radius 1 is 1.23 bits per heavy atom. The Hall–Kier alpha value is -2.62. The van der Waals surface area contributed by atoms with E-state index in [1.165, 1.54) is 18.2 Å². The predicted molar refractivity (Wildman–Crippen MR) is 113 cm³/mol. The average molecular weight is 435 g/mol. The number of sulfonamides is 1. The number of rotatable bonds is 10. The number of hydrogen-bond donors (Lipinski definition) is 3. The first-order chi connectivity index (χ1) is 14.4. The molecular formula is C21H26N2O6S. The molecule has 30 heavy (non-hydrogen) atoms. The summed E-state index contributed by atoms with van der Waals surface area (Å²) < 4.78 is 38.9. The highest BCUT2D eigenvalue weighted by Gasteiger charge is 2.23. The molecule has 1 atom stereocenters. The van der Waals surface area contributed by atoms with E-state index in [4.69, 9.17) is 9.47 Å². The van der Waals surface area contributed by atoms with Crippen molar-refractivity contribution in [2.75, 3.05) is 32.1 Å². The molecule has 0 saturated carbocycles. The second-order valence-corrected chi connectivity index (χ2v) is 8.76. The van der Waals surface area contributed by atoms with Gasteiger partial charge in [0.1, 0.15) is 10.6 Å².